The highest BCUT2D eigenvalue weighted by atomic mass is 32.2. The smallest absolute Gasteiger partial charge is 0.222 e. The number of unbranched alkanes of at least 4 members (excludes halogenated alkanes) is 1. The maximum absolute atomic E-state index is 12.6. The Morgan fingerprint density at radius 1 is 1.15 bits per heavy atom. The molecule has 0 aliphatic carbocycles. The lowest BCUT2D eigenvalue weighted by atomic mass is 9.92. The monoisotopic (exact) mass is 463 g/mol. The van der Waals surface area contributed by atoms with Gasteiger partial charge in [0.1, 0.15) is 5.75 Å². The third-order valence-corrected chi connectivity index (χ3v) is 5.96. The molecule has 0 N–H and O–H groups in total. The van der Waals surface area contributed by atoms with Gasteiger partial charge in [0.2, 0.25) is 16.9 Å². The summed E-state index contributed by atoms with van der Waals surface area (Å²) in [6.45, 7) is 3.74. The molecule has 0 aliphatic heterocycles. The van der Waals surface area contributed by atoms with E-state index in [9.17, 15) is 4.79 Å². The summed E-state index contributed by atoms with van der Waals surface area (Å²) in [7, 11) is 1.59. The van der Waals surface area contributed by atoms with Crippen molar-refractivity contribution < 1.29 is 18.5 Å². The molecule has 170 valence electrons. The Balaban J connectivity index is 1.73. The first-order valence-electron chi connectivity index (χ1n) is 10.6. The van der Waals surface area contributed by atoms with Crippen molar-refractivity contribution in [3.63, 3.8) is 0 Å². The number of hydrogen-bond acceptors (Lipinski definition) is 8. The molecule has 0 spiro atoms. The van der Waals surface area contributed by atoms with Crippen molar-refractivity contribution in [3.05, 3.63) is 76.6 Å². The number of aromatic nitrogens is 3. The van der Waals surface area contributed by atoms with Crippen molar-refractivity contribution in [1.29, 1.82) is 0 Å². The van der Waals surface area contributed by atoms with Crippen LogP contribution in [-0.2, 0) is 6.42 Å². The van der Waals surface area contributed by atoms with Gasteiger partial charge in [-0.3, -0.25) is 4.79 Å². The van der Waals surface area contributed by atoms with E-state index < -0.39 is 0 Å². The van der Waals surface area contributed by atoms with Gasteiger partial charge in [-0.05, 0) is 72.6 Å². The van der Waals surface area contributed by atoms with Gasteiger partial charge < -0.3 is 13.7 Å². The lowest BCUT2D eigenvalue weighted by Crippen LogP contribution is -2.02. The highest BCUT2D eigenvalue weighted by Crippen LogP contribution is 2.34. The number of benzene rings is 2. The Morgan fingerprint density at radius 3 is 2.73 bits per heavy atom. The van der Waals surface area contributed by atoms with E-state index in [-0.39, 0.29) is 5.12 Å². The Labute approximate surface area is 196 Å². The maximum atomic E-state index is 12.6. The van der Waals surface area contributed by atoms with Gasteiger partial charge in [-0.15, -0.1) is 10.2 Å². The van der Waals surface area contributed by atoms with Crippen molar-refractivity contribution in [3.8, 4) is 5.75 Å². The van der Waals surface area contributed by atoms with E-state index in [2.05, 4.69) is 33.6 Å². The molecule has 7 nitrogen and oxygen atoms in total. The highest BCUT2D eigenvalue weighted by Gasteiger charge is 2.18. The number of carbonyl (C=O) groups is 1. The second-order valence-corrected chi connectivity index (χ2v) is 8.45. The van der Waals surface area contributed by atoms with Crippen LogP contribution >= 0.6 is 11.8 Å². The van der Waals surface area contributed by atoms with Crippen molar-refractivity contribution >= 4 is 33.4 Å². The maximum Gasteiger partial charge on any atom is 0.222 e. The SMILES string of the molecule is COc1c(C)cc(/C(=C\CCCc2nnc(C)o2)c2ccc3oncc3c2)cc1C(=O)SC. The third kappa shape index (κ3) is 5.01. The summed E-state index contributed by atoms with van der Waals surface area (Å²) in [5.41, 5.74) is 5.21. The fraction of sp³-hybridized carbons (Fsp3) is 0.280. The highest BCUT2D eigenvalue weighted by molar-refractivity contribution is 8.13. The molecule has 4 rings (SSSR count). The van der Waals surface area contributed by atoms with E-state index in [0.29, 0.717) is 29.5 Å². The zero-order chi connectivity index (χ0) is 23.4. The zero-order valence-corrected chi connectivity index (χ0v) is 19.9. The minimum atomic E-state index is -0.0302. The van der Waals surface area contributed by atoms with Crippen LogP contribution in [0.4, 0.5) is 0 Å². The number of methoxy groups -OCH3 is 1. The van der Waals surface area contributed by atoms with Crippen LogP contribution in [0.15, 0.2) is 51.5 Å². The quantitative estimate of drug-likeness (QED) is 0.303. The summed E-state index contributed by atoms with van der Waals surface area (Å²) in [5.74, 6) is 1.82. The molecular weight excluding hydrogens is 438 g/mol. The molecule has 0 amide bonds. The van der Waals surface area contributed by atoms with Gasteiger partial charge in [0.15, 0.2) is 5.58 Å². The minimum absolute atomic E-state index is 0.0302. The van der Waals surface area contributed by atoms with Crippen molar-refractivity contribution in [2.24, 2.45) is 0 Å². The molecule has 0 fully saturated rings. The minimum Gasteiger partial charge on any atom is -0.496 e. The summed E-state index contributed by atoms with van der Waals surface area (Å²) < 4.78 is 16.3. The van der Waals surface area contributed by atoms with Crippen LogP contribution in [0.3, 0.4) is 0 Å². The standard InChI is InChI=1S/C25H25N3O4S/c1-15-11-18(13-21(24(15)30-3)25(29)33-4)20(7-5-6-8-23-28-27-16(2)31-23)17-9-10-22-19(12-17)14-26-32-22/h7,9-14H,5-6,8H2,1-4H3/b20-7-. The first-order valence-corrected chi connectivity index (χ1v) is 11.8. The Bertz CT molecular complexity index is 1320. The molecular formula is C25H25N3O4S. The number of thioether (sulfide) groups is 1. The van der Waals surface area contributed by atoms with E-state index in [4.69, 9.17) is 13.7 Å². The molecule has 0 saturated carbocycles. The topological polar surface area (TPSA) is 91.2 Å². The molecule has 0 unspecified atom stereocenters. The van der Waals surface area contributed by atoms with Crippen molar-refractivity contribution in [1.82, 2.24) is 15.4 Å². The van der Waals surface area contributed by atoms with Crippen LogP contribution in [0.25, 0.3) is 16.5 Å². The number of fused-ring (bicyclic) bond motifs is 1. The van der Waals surface area contributed by atoms with Gasteiger partial charge >= 0.3 is 0 Å². The van der Waals surface area contributed by atoms with Crippen LogP contribution in [0.5, 0.6) is 5.75 Å². The molecule has 0 bridgehead atoms. The predicted octanol–water partition coefficient (Wildman–Crippen LogP) is 5.79. The average molecular weight is 464 g/mol. The number of rotatable bonds is 8. The number of nitrogens with zero attached hydrogens (tertiary/aromatic N) is 3. The van der Waals surface area contributed by atoms with Crippen LogP contribution in [0.1, 0.15) is 51.7 Å². The summed E-state index contributed by atoms with van der Waals surface area (Å²) in [6.07, 6.45) is 8.03. The molecule has 8 heteroatoms. The Kier molecular flexibility index (Phi) is 6.93. The average Bonchev–Trinajstić information content (AvgIpc) is 3.46. The van der Waals surface area contributed by atoms with E-state index in [1.54, 1.807) is 26.5 Å². The van der Waals surface area contributed by atoms with E-state index in [0.717, 1.165) is 46.1 Å². The van der Waals surface area contributed by atoms with E-state index in [1.807, 2.05) is 25.1 Å². The molecule has 0 radical (unpaired) electrons. The first-order chi connectivity index (χ1) is 16.0. The van der Waals surface area contributed by atoms with Gasteiger partial charge in [-0.2, -0.15) is 0 Å². The molecule has 0 saturated heterocycles. The predicted molar refractivity (Wildman–Crippen MR) is 129 cm³/mol. The number of carbonyl (C=O) groups excluding carboxylic acids is 1. The van der Waals surface area contributed by atoms with Crippen LogP contribution < -0.4 is 4.74 Å². The summed E-state index contributed by atoms with van der Waals surface area (Å²) in [4.78, 5) is 12.6. The number of hydrogen-bond donors (Lipinski definition) is 0. The molecule has 4 aromatic rings. The van der Waals surface area contributed by atoms with Gasteiger partial charge in [0, 0.05) is 18.7 Å². The fourth-order valence-electron chi connectivity index (χ4n) is 3.84. The largest absolute Gasteiger partial charge is 0.496 e. The summed E-state index contributed by atoms with van der Waals surface area (Å²) >= 11 is 1.17. The number of ether oxygens (including phenoxy) is 1. The summed E-state index contributed by atoms with van der Waals surface area (Å²) in [5, 5.41) is 12.7. The van der Waals surface area contributed by atoms with Crippen LogP contribution in [0, 0.1) is 13.8 Å². The lowest BCUT2D eigenvalue weighted by Gasteiger charge is -2.15. The molecule has 0 aliphatic rings. The second-order valence-electron chi connectivity index (χ2n) is 7.67. The second kappa shape index (κ2) is 10.0. The van der Waals surface area contributed by atoms with Crippen molar-refractivity contribution in [2.45, 2.75) is 33.1 Å². The third-order valence-electron chi connectivity index (χ3n) is 5.37. The van der Waals surface area contributed by atoms with Crippen molar-refractivity contribution in [2.75, 3.05) is 13.4 Å². The Hall–Kier alpha value is -3.39. The zero-order valence-electron chi connectivity index (χ0n) is 19.0. The first kappa shape index (κ1) is 22.8. The molecule has 0 atom stereocenters. The normalized spacial score (nSPS) is 11.8. The van der Waals surface area contributed by atoms with Gasteiger partial charge in [0.05, 0.1) is 18.9 Å². The van der Waals surface area contributed by atoms with E-state index >= 15 is 0 Å². The van der Waals surface area contributed by atoms with E-state index in [1.165, 1.54) is 11.8 Å². The number of aryl methyl sites for hydroxylation is 3. The van der Waals surface area contributed by atoms with Gasteiger partial charge in [-0.1, -0.05) is 29.1 Å². The van der Waals surface area contributed by atoms with Crippen LogP contribution in [-0.4, -0.2) is 33.8 Å². The van der Waals surface area contributed by atoms with Gasteiger partial charge in [-0.25, -0.2) is 0 Å². The Morgan fingerprint density at radius 2 is 2.00 bits per heavy atom. The summed E-state index contributed by atoms with van der Waals surface area (Å²) in [6, 6.07) is 9.94. The number of allylic oxidation sites excluding steroid dienone is 1. The van der Waals surface area contributed by atoms with Crippen LogP contribution in [0.2, 0.25) is 0 Å². The fourth-order valence-corrected chi connectivity index (χ4v) is 4.21. The van der Waals surface area contributed by atoms with Gasteiger partial charge in [0.25, 0.3) is 0 Å². The molecule has 2 aromatic carbocycles. The lowest BCUT2D eigenvalue weighted by molar-refractivity contribution is 0.108. The molecule has 2 aromatic heterocycles. The molecule has 33 heavy (non-hydrogen) atoms. The molecule has 2 heterocycles.